The van der Waals surface area contributed by atoms with Crippen molar-refractivity contribution in [1.82, 2.24) is 5.32 Å². The molecule has 1 unspecified atom stereocenters. The van der Waals surface area contributed by atoms with Crippen LogP contribution < -0.4 is 5.32 Å². The van der Waals surface area contributed by atoms with Gasteiger partial charge >= 0.3 is 5.97 Å². The van der Waals surface area contributed by atoms with Crippen LogP contribution in [-0.4, -0.2) is 19.5 Å². The van der Waals surface area contributed by atoms with Crippen molar-refractivity contribution in [3.8, 4) is 0 Å². The second-order valence-corrected chi connectivity index (χ2v) is 3.14. The minimum absolute atomic E-state index is 0.101. The Morgan fingerprint density at radius 2 is 2.25 bits per heavy atom. The Bertz CT molecular complexity index is 381. The standard InChI is InChI=1S/C11H12FNO3/c1-16-11(15)6-10(13-7-14)8-4-2-3-5-9(8)12/h2-5,7,10H,6H2,1H3,(H,13,14). The molecule has 0 aliphatic carbocycles. The van der Waals surface area contributed by atoms with E-state index in [0.29, 0.717) is 6.41 Å². The number of esters is 1. The quantitative estimate of drug-likeness (QED) is 0.604. The molecule has 0 aliphatic heterocycles. The molecule has 0 aromatic heterocycles. The third kappa shape index (κ3) is 3.05. The molecule has 1 amide bonds. The van der Waals surface area contributed by atoms with E-state index in [-0.39, 0.29) is 12.0 Å². The van der Waals surface area contributed by atoms with Crippen molar-refractivity contribution in [2.45, 2.75) is 12.5 Å². The molecular formula is C11H12FNO3. The molecule has 0 fully saturated rings. The third-order valence-corrected chi connectivity index (χ3v) is 2.15. The number of halogens is 1. The first-order chi connectivity index (χ1) is 7.69. The lowest BCUT2D eigenvalue weighted by atomic mass is 10.0. The molecule has 0 spiro atoms. The van der Waals surface area contributed by atoms with Crippen LogP contribution in [0.5, 0.6) is 0 Å². The molecule has 0 heterocycles. The maximum atomic E-state index is 13.4. The second kappa shape index (κ2) is 5.85. The van der Waals surface area contributed by atoms with Crippen LogP contribution in [-0.2, 0) is 14.3 Å². The smallest absolute Gasteiger partial charge is 0.307 e. The highest BCUT2D eigenvalue weighted by atomic mass is 19.1. The summed E-state index contributed by atoms with van der Waals surface area (Å²) in [5, 5.41) is 2.38. The first kappa shape index (κ1) is 12.2. The topological polar surface area (TPSA) is 55.4 Å². The fourth-order valence-corrected chi connectivity index (χ4v) is 1.35. The van der Waals surface area contributed by atoms with Gasteiger partial charge in [-0.25, -0.2) is 4.39 Å². The van der Waals surface area contributed by atoms with Crippen LogP contribution in [0.25, 0.3) is 0 Å². The maximum Gasteiger partial charge on any atom is 0.307 e. The Labute approximate surface area is 92.4 Å². The SMILES string of the molecule is COC(=O)CC(NC=O)c1ccccc1F. The van der Waals surface area contributed by atoms with Crippen LogP contribution in [0.3, 0.4) is 0 Å². The molecule has 1 rings (SSSR count). The van der Waals surface area contributed by atoms with E-state index < -0.39 is 17.8 Å². The van der Waals surface area contributed by atoms with E-state index in [2.05, 4.69) is 10.1 Å². The van der Waals surface area contributed by atoms with Crippen molar-refractivity contribution in [3.05, 3.63) is 35.6 Å². The van der Waals surface area contributed by atoms with Crippen molar-refractivity contribution in [1.29, 1.82) is 0 Å². The number of rotatable bonds is 5. The lowest BCUT2D eigenvalue weighted by Gasteiger charge is -2.15. The van der Waals surface area contributed by atoms with Gasteiger partial charge in [0.15, 0.2) is 0 Å². The van der Waals surface area contributed by atoms with Crippen molar-refractivity contribution in [2.24, 2.45) is 0 Å². The van der Waals surface area contributed by atoms with Gasteiger partial charge in [0.05, 0.1) is 19.6 Å². The summed E-state index contributed by atoms with van der Waals surface area (Å²) in [6, 6.07) is 5.25. The molecule has 0 aliphatic rings. The van der Waals surface area contributed by atoms with Crippen molar-refractivity contribution in [2.75, 3.05) is 7.11 Å². The van der Waals surface area contributed by atoms with Gasteiger partial charge < -0.3 is 10.1 Å². The molecule has 0 saturated carbocycles. The van der Waals surface area contributed by atoms with E-state index in [0.717, 1.165) is 0 Å². The number of amides is 1. The Hall–Kier alpha value is -1.91. The highest BCUT2D eigenvalue weighted by molar-refractivity contribution is 5.70. The Morgan fingerprint density at radius 3 is 2.81 bits per heavy atom. The average Bonchev–Trinajstić information content (AvgIpc) is 2.29. The zero-order chi connectivity index (χ0) is 12.0. The predicted molar refractivity (Wildman–Crippen MR) is 55.0 cm³/mol. The molecule has 1 aromatic rings. The van der Waals surface area contributed by atoms with Crippen LogP contribution in [0, 0.1) is 5.82 Å². The van der Waals surface area contributed by atoms with Crippen molar-refractivity contribution < 1.29 is 18.7 Å². The molecule has 0 saturated heterocycles. The van der Waals surface area contributed by atoms with Crippen molar-refractivity contribution >= 4 is 12.4 Å². The Balaban J connectivity index is 2.89. The highest BCUT2D eigenvalue weighted by Crippen LogP contribution is 2.19. The molecule has 86 valence electrons. The lowest BCUT2D eigenvalue weighted by molar-refractivity contribution is -0.141. The monoisotopic (exact) mass is 225 g/mol. The minimum Gasteiger partial charge on any atom is -0.469 e. The van der Waals surface area contributed by atoms with E-state index in [1.165, 1.54) is 25.3 Å². The van der Waals surface area contributed by atoms with Crippen LogP contribution in [0.15, 0.2) is 24.3 Å². The van der Waals surface area contributed by atoms with Gasteiger partial charge in [-0.05, 0) is 6.07 Å². The number of hydrogen-bond acceptors (Lipinski definition) is 3. The first-order valence-electron chi connectivity index (χ1n) is 4.70. The van der Waals surface area contributed by atoms with E-state index >= 15 is 0 Å². The second-order valence-electron chi connectivity index (χ2n) is 3.14. The summed E-state index contributed by atoms with van der Waals surface area (Å²) in [4.78, 5) is 21.5. The summed E-state index contributed by atoms with van der Waals surface area (Å²) < 4.78 is 17.9. The lowest BCUT2D eigenvalue weighted by Crippen LogP contribution is -2.24. The van der Waals surface area contributed by atoms with Gasteiger partial charge in [-0.3, -0.25) is 9.59 Å². The molecule has 1 N–H and O–H groups in total. The van der Waals surface area contributed by atoms with Crippen LogP contribution >= 0.6 is 0 Å². The summed E-state index contributed by atoms with van der Waals surface area (Å²) in [7, 11) is 1.24. The van der Waals surface area contributed by atoms with Gasteiger partial charge in [-0.2, -0.15) is 0 Å². The molecule has 16 heavy (non-hydrogen) atoms. The van der Waals surface area contributed by atoms with Gasteiger partial charge in [0.25, 0.3) is 0 Å². The fraction of sp³-hybridized carbons (Fsp3) is 0.273. The summed E-state index contributed by atoms with van der Waals surface area (Å²) in [6.07, 6.45) is 0.330. The molecule has 5 heteroatoms. The van der Waals surface area contributed by atoms with E-state index in [9.17, 15) is 14.0 Å². The van der Waals surface area contributed by atoms with E-state index in [1.54, 1.807) is 6.07 Å². The highest BCUT2D eigenvalue weighted by Gasteiger charge is 2.18. The average molecular weight is 225 g/mol. The summed E-state index contributed by atoms with van der Waals surface area (Å²) >= 11 is 0. The van der Waals surface area contributed by atoms with Crippen molar-refractivity contribution in [3.63, 3.8) is 0 Å². The summed E-state index contributed by atoms with van der Waals surface area (Å²) in [5.74, 6) is -0.978. The van der Waals surface area contributed by atoms with Gasteiger partial charge in [0.2, 0.25) is 6.41 Å². The first-order valence-corrected chi connectivity index (χ1v) is 4.70. The Kier molecular flexibility index (Phi) is 4.44. The van der Waals surface area contributed by atoms with E-state index in [1.807, 2.05) is 0 Å². The number of carbonyl (C=O) groups is 2. The maximum absolute atomic E-state index is 13.4. The number of methoxy groups -OCH3 is 1. The molecule has 1 atom stereocenters. The van der Waals surface area contributed by atoms with Gasteiger partial charge in [-0.1, -0.05) is 18.2 Å². The zero-order valence-corrected chi connectivity index (χ0v) is 8.77. The van der Waals surface area contributed by atoms with Crippen LogP contribution in [0.4, 0.5) is 4.39 Å². The normalized spacial score (nSPS) is 11.6. The number of hydrogen-bond donors (Lipinski definition) is 1. The predicted octanol–water partition coefficient (Wildman–Crippen LogP) is 1.18. The van der Waals surface area contributed by atoms with Gasteiger partial charge in [-0.15, -0.1) is 0 Å². The van der Waals surface area contributed by atoms with Gasteiger partial charge in [0.1, 0.15) is 5.82 Å². The van der Waals surface area contributed by atoms with Gasteiger partial charge in [0, 0.05) is 5.56 Å². The zero-order valence-electron chi connectivity index (χ0n) is 8.77. The third-order valence-electron chi connectivity index (χ3n) is 2.15. The molecular weight excluding hydrogens is 213 g/mol. The number of carbonyl (C=O) groups excluding carboxylic acids is 2. The molecule has 0 bridgehead atoms. The number of benzene rings is 1. The minimum atomic E-state index is -0.703. The number of ether oxygens (including phenoxy) is 1. The summed E-state index contributed by atoms with van der Waals surface area (Å²) in [6.45, 7) is 0. The van der Waals surface area contributed by atoms with Crippen LogP contribution in [0.2, 0.25) is 0 Å². The van der Waals surface area contributed by atoms with E-state index in [4.69, 9.17) is 0 Å². The van der Waals surface area contributed by atoms with Crippen LogP contribution in [0.1, 0.15) is 18.0 Å². The Morgan fingerprint density at radius 1 is 1.56 bits per heavy atom. The molecule has 4 nitrogen and oxygen atoms in total. The number of nitrogens with one attached hydrogen (secondary N) is 1. The largest absolute Gasteiger partial charge is 0.469 e. The summed E-state index contributed by atoms with van der Waals surface area (Å²) in [5.41, 5.74) is 0.264. The fourth-order valence-electron chi connectivity index (χ4n) is 1.35. The molecule has 0 radical (unpaired) electrons. The molecule has 1 aromatic carbocycles.